The molecule has 0 spiro atoms. The van der Waals surface area contributed by atoms with Crippen molar-refractivity contribution < 1.29 is 4.74 Å². The molecule has 0 saturated carbocycles. The molecule has 0 aliphatic carbocycles. The molecule has 1 aromatic rings. The number of hydrogen-bond acceptors (Lipinski definition) is 2. The monoisotopic (exact) mass is 237 g/mol. The van der Waals surface area contributed by atoms with E-state index in [1.807, 2.05) is 18.2 Å². The van der Waals surface area contributed by atoms with E-state index in [1.54, 1.807) is 0 Å². The van der Waals surface area contributed by atoms with Crippen LogP contribution in [-0.2, 0) is 0 Å². The van der Waals surface area contributed by atoms with Crippen LogP contribution in [0.5, 0.6) is 5.75 Å². The summed E-state index contributed by atoms with van der Waals surface area (Å²) in [7, 11) is 0. The molecule has 2 rings (SSSR count). The Balaban J connectivity index is 2.15. The minimum absolute atomic E-state index is 0.314. The lowest BCUT2D eigenvalue weighted by molar-refractivity contribution is 0.315. The van der Waals surface area contributed by atoms with Crippen molar-refractivity contribution >= 4 is 11.6 Å². The summed E-state index contributed by atoms with van der Waals surface area (Å²) in [5.41, 5.74) is 1.22. The van der Waals surface area contributed by atoms with Crippen molar-refractivity contribution in [3.05, 3.63) is 41.4 Å². The first-order valence-corrected chi connectivity index (χ1v) is 5.93. The smallest absolute Gasteiger partial charge is 0.124 e. The van der Waals surface area contributed by atoms with Crippen LogP contribution >= 0.6 is 11.6 Å². The lowest BCUT2D eigenvalue weighted by atomic mass is 10.0. The lowest BCUT2D eigenvalue weighted by Crippen LogP contribution is -2.22. The molecule has 3 heteroatoms. The fraction of sp³-hybridized carbons (Fsp3) is 0.385. The van der Waals surface area contributed by atoms with Gasteiger partial charge in [0, 0.05) is 23.2 Å². The topological polar surface area (TPSA) is 21.3 Å². The van der Waals surface area contributed by atoms with Crippen molar-refractivity contribution in [2.45, 2.75) is 18.9 Å². The molecule has 1 aromatic carbocycles. The largest absolute Gasteiger partial charge is 0.493 e. The highest BCUT2D eigenvalue weighted by molar-refractivity contribution is 6.29. The second-order valence-electron chi connectivity index (χ2n) is 3.98. The molecule has 2 nitrogen and oxygen atoms in total. The average Bonchev–Trinajstić information content (AvgIpc) is 2.48. The number of rotatable bonds is 3. The Kier molecular flexibility index (Phi) is 3.86. The summed E-state index contributed by atoms with van der Waals surface area (Å²) in [6, 6.07) is 8.48. The van der Waals surface area contributed by atoms with Gasteiger partial charge in [-0.15, -0.1) is 0 Å². The maximum Gasteiger partial charge on any atom is 0.124 e. The maximum absolute atomic E-state index is 5.78. The third-order valence-corrected chi connectivity index (χ3v) is 2.86. The standard InChI is InChI=1S/C13H16ClNO/c1-10(14)9-15-12-6-4-8-16-13-7-3-2-5-11(12)13/h2-3,5,7,12,15H,1,4,6,8-9H2. The van der Waals surface area contributed by atoms with E-state index in [9.17, 15) is 0 Å². The second-order valence-corrected chi connectivity index (χ2v) is 4.51. The quantitative estimate of drug-likeness (QED) is 0.872. The van der Waals surface area contributed by atoms with Crippen LogP contribution < -0.4 is 10.1 Å². The molecule has 1 heterocycles. The van der Waals surface area contributed by atoms with Gasteiger partial charge in [-0.1, -0.05) is 36.4 Å². The molecule has 0 bridgehead atoms. The van der Waals surface area contributed by atoms with Gasteiger partial charge < -0.3 is 10.1 Å². The Bertz CT molecular complexity index is 378. The van der Waals surface area contributed by atoms with E-state index < -0.39 is 0 Å². The third kappa shape index (κ3) is 2.77. The van der Waals surface area contributed by atoms with Crippen molar-refractivity contribution in [3.8, 4) is 5.75 Å². The SMILES string of the molecule is C=C(Cl)CNC1CCCOc2ccccc21. The van der Waals surface area contributed by atoms with E-state index in [1.165, 1.54) is 5.56 Å². The molecule has 86 valence electrons. The fourth-order valence-electron chi connectivity index (χ4n) is 1.97. The maximum atomic E-state index is 5.78. The number of hydrogen-bond donors (Lipinski definition) is 1. The molecule has 0 amide bonds. The molecular weight excluding hydrogens is 222 g/mol. The number of para-hydroxylation sites is 1. The first kappa shape index (κ1) is 11.5. The highest BCUT2D eigenvalue weighted by Gasteiger charge is 2.18. The van der Waals surface area contributed by atoms with Crippen molar-refractivity contribution in [2.24, 2.45) is 0 Å². The van der Waals surface area contributed by atoms with Crippen LogP contribution in [0.25, 0.3) is 0 Å². The molecule has 16 heavy (non-hydrogen) atoms. The minimum Gasteiger partial charge on any atom is -0.493 e. The third-order valence-electron chi connectivity index (χ3n) is 2.73. The summed E-state index contributed by atoms with van der Waals surface area (Å²) in [5.74, 6) is 0.984. The summed E-state index contributed by atoms with van der Waals surface area (Å²) in [6.45, 7) is 5.12. The van der Waals surface area contributed by atoms with Gasteiger partial charge in [0.15, 0.2) is 0 Å². The van der Waals surface area contributed by atoms with E-state index >= 15 is 0 Å². The summed E-state index contributed by atoms with van der Waals surface area (Å²) >= 11 is 5.78. The summed E-state index contributed by atoms with van der Waals surface area (Å²) < 4.78 is 5.69. The molecule has 1 unspecified atom stereocenters. The summed E-state index contributed by atoms with van der Waals surface area (Å²) in [6.07, 6.45) is 2.13. The van der Waals surface area contributed by atoms with Gasteiger partial charge in [-0.25, -0.2) is 0 Å². The van der Waals surface area contributed by atoms with Crippen molar-refractivity contribution in [3.63, 3.8) is 0 Å². The zero-order valence-electron chi connectivity index (χ0n) is 9.21. The molecule has 0 aromatic heterocycles. The van der Waals surface area contributed by atoms with Crippen LogP contribution in [0, 0.1) is 0 Å². The number of nitrogens with one attached hydrogen (secondary N) is 1. The zero-order valence-corrected chi connectivity index (χ0v) is 9.96. The van der Waals surface area contributed by atoms with Gasteiger partial charge in [-0.3, -0.25) is 0 Å². The predicted octanol–water partition coefficient (Wildman–Crippen LogP) is 3.24. The number of ether oxygens (including phenoxy) is 1. The van der Waals surface area contributed by atoms with Crippen LogP contribution in [0.2, 0.25) is 0 Å². The first-order valence-electron chi connectivity index (χ1n) is 5.56. The van der Waals surface area contributed by atoms with Gasteiger partial charge >= 0.3 is 0 Å². The number of fused-ring (bicyclic) bond motifs is 1. The van der Waals surface area contributed by atoms with Gasteiger partial charge in [0.05, 0.1) is 6.61 Å². The van der Waals surface area contributed by atoms with Gasteiger partial charge in [-0.2, -0.15) is 0 Å². The number of halogens is 1. The lowest BCUT2D eigenvalue weighted by Gasteiger charge is -2.17. The molecule has 0 saturated heterocycles. The molecular formula is C13H16ClNO. The van der Waals surface area contributed by atoms with Crippen molar-refractivity contribution in [1.82, 2.24) is 5.32 Å². The van der Waals surface area contributed by atoms with Gasteiger partial charge in [0.2, 0.25) is 0 Å². The van der Waals surface area contributed by atoms with E-state index in [0.717, 1.165) is 25.2 Å². The Labute approximate surface area is 101 Å². The highest BCUT2D eigenvalue weighted by atomic mass is 35.5. The molecule has 1 atom stereocenters. The van der Waals surface area contributed by atoms with Crippen LogP contribution in [-0.4, -0.2) is 13.2 Å². The van der Waals surface area contributed by atoms with E-state index in [2.05, 4.69) is 18.0 Å². The fourth-order valence-corrected chi connectivity index (χ4v) is 2.05. The molecule has 1 aliphatic heterocycles. The van der Waals surface area contributed by atoms with Crippen LogP contribution in [0.15, 0.2) is 35.9 Å². The van der Waals surface area contributed by atoms with Crippen LogP contribution in [0.1, 0.15) is 24.4 Å². The molecule has 1 aliphatic rings. The van der Waals surface area contributed by atoms with Gasteiger partial charge in [-0.05, 0) is 18.9 Å². The van der Waals surface area contributed by atoms with Gasteiger partial charge in [0.25, 0.3) is 0 Å². The second kappa shape index (κ2) is 5.37. The van der Waals surface area contributed by atoms with Gasteiger partial charge in [0.1, 0.15) is 5.75 Å². The first-order chi connectivity index (χ1) is 7.77. The van der Waals surface area contributed by atoms with E-state index in [0.29, 0.717) is 17.6 Å². The van der Waals surface area contributed by atoms with Crippen LogP contribution in [0.3, 0.4) is 0 Å². The number of benzene rings is 1. The Morgan fingerprint density at radius 3 is 3.12 bits per heavy atom. The molecule has 0 radical (unpaired) electrons. The van der Waals surface area contributed by atoms with Crippen molar-refractivity contribution in [1.29, 1.82) is 0 Å². The Morgan fingerprint density at radius 2 is 2.31 bits per heavy atom. The summed E-state index contributed by atoms with van der Waals surface area (Å²) in [4.78, 5) is 0. The van der Waals surface area contributed by atoms with E-state index in [-0.39, 0.29) is 0 Å². The van der Waals surface area contributed by atoms with E-state index in [4.69, 9.17) is 16.3 Å². The Hall–Kier alpha value is -0.990. The molecule has 0 fully saturated rings. The minimum atomic E-state index is 0.314. The zero-order chi connectivity index (χ0) is 11.4. The molecule has 1 N–H and O–H groups in total. The predicted molar refractivity (Wildman–Crippen MR) is 66.9 cm³/mol. The Morgan fingerprint density at radius 1 is 1.50 bits per heavy atom. The van der Waals surface area contributed by atoms with Crippen molar-refractivity contribution in [2.75, 3.05) is 13.2 Å². The van der Waals surface area contributed by atoms with Crippen LogP contribution in [0.4, 0.5) is 0 Å². The normalized spacial score (nSPS) is 19.4. The summed E-state index contributed by atoms with van der Waals surface area (Å²) in [5, 5.41) is 4.05. The average molecular weight is 238 g/mol. The highest BCUT2D eigenvalue weighted by Crippen LogP contribution is 2.31.